The molecule has 1 fully saturated rings. The first-order chi connectivity index (χ1) is 18.6. The summed E-state index contributed by atoms with van der Waals surface area (Å²) in [6.07, 6.45) is -6.53. The van der Waals surface area contributed by atoms with Gasteiger partial charge in [0.1, 0.15) is 24.6 Å². The highest BCUT2D eigenvalue weighted by atomic mass is 31.2. The highest BCUT2D eigenvalue weighted by Crippen LogP contribution is 2.36. The van der Waals surface area contributed by atoms with Crippen LogP contribution in [-0.4, -0.2) is 61.8 Å². The van der Waals surface area contributed by atoms with E-state index in [0.717, 1.165) is 33.9 Å². The summed E-state index contributed by atoms with van der Waals surface area (Å²) in [6, 6.07) is 5.91. The zero-order valence-corrected chi connectivity index (χ0v) is 21.7. The number of Topliss-reactive ketones (excluding diaryl/α,β-unsaturated/α-hetero) is 1. The van der Waals surface area contributed by atoms with Crippen molar-refractivity contribution in [1.82, 2.24) is 14.8 Å². The number of fused-ring (bicyclic) bond motifs is 1. The maximum atomic E-state index is 14.3. The van der Waals surface area contributed by atoms with Crippen LogP contribution in [0.3, 0.4) is 0 Å². The number of nitrogens with one attached hydrogen (secondary N) is 1. The second-order valence-electron chi connectivity index (χ2n) is 9.40. The van der Waals surface area contributed by atoms with E-state index in [1.165, 1.54) is 19.1 Å². The summed E-state index contributed by atoms with van der Waals surface area (Å²) in [5.74, 6) is -4.45. The third kappa shape index (κ3) is 5.93. The Labute approximate surface area is 223 Å². The lowest BCUT2D eigenvalue weighted by atomic mass is 10.1. The first-order valence-electron chi connectivity index (χ1n) is 11.8. The number of aryl methyl sites for hydroxylation is 1. The minimum Gasteiger partial charge on any atom is -0.350 e. The van der Waals surface area contributed by atoms with E-state index in [4.69, 9.17) is 0 Å². The van der Waals surface area contributed by atoms with Crippen LogP contribution in [0.1, 0.15) is 27.9 Å². The van der Waals surface area contributed by atoms with Crippen molar-refractivity contribution >= 4 is 41.4 Å². The SMILES string of the molecule is Cc1cccc(CNC(=O)[C@@H]2C[C@@H](F)CN2C(=O)Cn2cc(C(=O)C(F)(F)F)c3ccc(P(=O)(O)O)cc32)c1F. The number of likely N-dealkylation sites (tertiary alicyclic amines) is 1. The Hall–Kier alpha value is -3.61. The predicted octanol–water partition coefficient (Wildman–Crippen LogP) is 2.89. The van der Waals surface area contributed by atoms with E-state index in [-0.39, 0.29) is 29.4 Å². The molecule has 0 saturated carbocycles. The second kappa shape index (κ2) is 10.8. The van der Waals surface area contributed by atoms with Crippen LogP contribution in [-0.2, 0) is 27.2 Å². The van der Waals surface area contributed by atoms with Gasteiger partial charge in [0.15, 0.2) is 0 Å². The molecule has 40 heavy (non-hydrogen) atoms. The third-order valence-electron chi connectivity index (χ3n) is 6.61. The molecular formula is C25H23F5N3O6P. The summed E-state index contributed by atoms with van der Waals surface area (Å²) in [5, 5.41) is 1.59. The number of carbonyl (C=O) groups is 3. The molecule has 2 heterocycles. The van der Waals surface area contributed by atoms with E-state index in [1.807, 2.05) is 0 Å². The number of carbonyl (C=O) groups excluding carboxylic acids is 3. The minimum absolute atomic E-state index is 0.169. The van der Waals surface area contributed by atoms with Crippen molar-refractivity contribution in [1.29, 1.82) is 0 Å². The van der Waals surface area contributed by atoms with Gasteiger partial charge in [-0.1, -0.05) is 24.3 Å². The van der Waals surface area contributed by atoms with Gasteiger partial charge >= 0.3 is 13.8 Å². The van der Waals surface area contributed by atoms with Crippen LogP contribution >= 0.6 is 7.60 Å². The highest BCUT2D eigenvalue weighted by molar-refractivity contribution is 7.60. The summed E-state index contributed by atoms with van der Waals surface area (Å²) in [4.78, 5) is 57.9. The van der Waals surface area contributed by atoms with Crippen LogP contribution < -0.4 is 10.6 Å². The van der Waals surface area contributed by atoms with Crippen molar-refractivity contribution in [2.75, 3.05) is 6.54 Å². The molecule has 3 aromatic rings. The first kappa shape index (κ1) is 29.4. The van der Waals surface area contributed by atoms with Crippen molar-refractivity contribution in [3.05, 3.63) is 65.1 Å². The molecule has 1 aliphatic rings. The van der Waals surface area contributed by atoms with Gasteiger partial charge in [0.2, 0.25) is 11.8 Å². The number of alkyl halides is 4. The molecular weight excluding hydrogens is 564 g/mol. The van der Waals surface area contributed by atoms with Gasteiger partial charge in [-0.2, -0.15) is 13.2 Å². The van der Waals surface area contributed by atoms with Crippen LogP contribution in [0.5, 0.6) is 0 Å². The van der Waals surface area contributed by atoms with E-state index >= 15 is 0 Å². The number of aromatic nitrogens is 1. The fraction of sp³-hybridized carbons (Fsp3) is 0.320. The predicted molar refractivity (Wildman–Crippen MR) is 132 cm³/mol. The molecule has 1 saturated heterocycles. The van der Waals surface area contributed by atoms with Crippen LogP contribution in [0.25, 0.3) is 10.9 Å². The summed E-state index contributed by atoms with van der Waals surface area (Å²) in [6.45, 7) is 0.0254. The van der Waals surface area contributed by atoms with Crippen molar-refractivity contribution in [3.8, 4) is 0 Å². The van der Waals surface area contributed by atoms with Gasteiger partial charge in [-0.05, 0) is 24.6 Å². The van der Waals surface area contributed by atoms with Gasteiger partial charge in [-0.15, -0.1) is 0 Å². The smallest absolute Gasteiger partial charge is 0.350 e. The maximum Gasteiger partial charge on any atom is 0.454 e. The Morgan fingerprint density at radius 1 is 1.15 bits per heavy atom. The number of hydrogen-bond donors (Lipinski definition) is 3. The van der Waals surface area contributed by atoms with Gasteiger partial charge in [0, 0.05) is 30.1 Å². The Kier molecular flexibility index (Phi) is 7.90. The topological polar surface area (TPSA) is 129 Å². The van der Waals surface area contributed by atoms with Crippen molar-refractivity contribution in [2.24, 2.45) is 0 Å². The van der Waals surface area contributed by atoms with E-state index < -0.39 is 73.4 Å². The van der Waals surface area contributed by atoms with Crippen LogP contribution in [0.15, 0.2) is 42.6 Å². The Balaban J connectivity index is 1.61. The summed E-state index contributed by atoms with van der Waals surface area (Å²) in [5.41, 5.74) is -0.597. The molecule has 1 aliphatic heterocycles. The lowest BCUT2D eigenvalue weighted by Crippen LogP contribution is -2.46. The number of ketones is 1. The van der Waals surface area contributed by atoms with Gasteiger partial charge in [0.05, 0.1) is 22.9 Å². The first-order valence-corrected chi connectivity index (χ1v) is 13.4. The molecule has 9 nitrogen and oxygen atoms in total. The van der Waals surface area contributed by atoms with Gasteiger partial charge in [-0.25, -0.2) is 8.78 Å². The molecule has 3 N–H and O–H groups in total. The molecule has 4 rings (SSSR count). The summed E-state index contributed by atoms with van der Waals surface area (Å²) in [7, 11) is -4.86. The average molecular weight is 587 g/mol. The molecule has 2 aromatic carbocycles. The van der Waals surface area contributed by atoms with Crippen molar-refractivity contribution < 1.29 is 50.7 Å². The van der Waals surface area contributed by atoms with Crippen molar-refractivity contribution in [3.63, 3.8) is 0 Å². The fourth-order valence-corrected chi connectivity index (χ4v) is 5.18. The molecule has 0 unspecified atom stereocenters. The van der Waals surface area contributed by atoms with E-state index in [1.54, 1.807) is 6.07 Å². The normalized spacial score (nSPS) is 17.9. The Morgan fingerprint density at radius 2 is 1.85 bits per heavy atom. The lowest BCUT2D eigenvalue weighted by molar-refractivity contribution is -0.139. The van der Waals surface area contributed by atoms with Gasteiger partial charge in [0.25, 0.3) is 5.78 Å². The molecule has 0 bridgehead atoms. The molecule has 0 aliphatic carbocycles. The number of nitrogens with zero attached hydrogens (tertiary/aromatic N) is 2. The molecule has 0 spiro atoms. The standard InChI is InChI=1S/C25H23F5N3O6P/c1-13-3-2-4-14(22(13)27)9-31-24(36)20-7-15(26)10-33(20)21(34)12-32-11-18(23(35)25(28,29)30)17-6-5-16(8-19(17)32)40(37,38)39/h2-6,8,11,15,20H,7,9-10,12H2,1H3,(H,31,36)(H2,37,38,39)/t15-,20+/m1/s1. The zero-order valence-electron chi connectivity index (χ0n) is 20.8. The molecule has 1 aromatic heterocycles. The Bertz CT molecular complexity index is 1550. The molecule has 2 atom stereocenters. The van der Waals surface area contributed by atoms with E-state index in [2.05, 4.69) is 5.32 Å². The number of amides is 2. The summed E-state index contributed by atoms with van der Waals surface area (Å²) < 4.78 is 80.9. The van der Waals surface area contributed by atoms with E-state index in [9.17, 15) is 50.7 Å². The minimum atomic E-state index is -5.28. The molecule has 15 heteroatoms. The molecule has 0 radical (unpaired) electrons. The quantitative estimate of drug-likeness (QED) is 0.222. The van der Waals surface area contributed by atoms with Crippen LogP contribution in [0.4, 0.5) is 22.0 Å². The fourth-order valence-electron chi connectivity index (χ4n) is 4.62. The number of halogens is 5. The molecule has 214 valence electrons. The van der Waals surface area contributed by atoms with Gasteiger partial charge in [-0.3, -0.25) is 18.9 Å². The Morgan fingerprint density at radius 3 is 2.50 bits per heavy atom. The van der Waals surface area contributed by atoms with Crippen LogP contribution in [0, 0.1) is 12.7 Å². The lowest BCUT2D eigenvalue weighted by Gasteiger charge is -2.24. The maximum absolute atomic E-state index is 14.3. The monoisotopic (exact) mass is 587 g/mol. The van der Waals surface area contributed by atoms with Gasteiger partial charge < -0.3 is 24.6 Å². The third-order valence-corrected chi connectivity index (χ3v) is 7.56. The number of hydrogen-bond acceptors (Lipinski definition) is 4. The highest BCUT2D eigenvalue weighted by Gasteiger charge is 2.42. The van der Waals surface area contributed by atoms with Crippen molar-refractivity contribution in [2.45, 2.75) is 44.8 Å². The largest absolute Gasteiger partial charge is 0.454 e. The number of rotatable bonds is 7. The van der Waals surface area contributed by atoms with E-state index in [0.29, 0.717) is 5.56 Å². The van der Waals surface area contributed by atoms with Crippen LogP contribution in [0.2, 0.25) is 0 Å². The molecule has 2 amide bonds. The summed E-state index contributed by atoms with van der Waals surface area (Å²) >= 11 is 0. The zero-order chi connectivity index (χ0) is 29.6. The second-order valence-corrected chi connectivity index (χ2v) is 11.0. The number of benzene rings is 2. The average Bonchev–Trinajstić information content (AvgIpc) is 3.43.